The number of aliphatic hydroxyl groups is 1. The summed E-state index contributed by atoms with van der Waals surface area (Å²) in [6.07, 6.45) is 2.82. The van der Waals surface area contributed by atoms with Crippen molar-refractivity contribution >= 4 is 43.3 Å². The van der Waals surface area contributed by atoms with Crippen molar-refractivity contribution in [3.63, 3.8) is 0 Å². The minimum Gasteiger partial charge on any atom is -0.378 e. The number of nitrogens with zero attached hydrogens (tertiary/aromatic N) is 1. The van der Waals surface area contributed by atoms with E-state index in [2.05, 4.69) is 17.2 Å². The van der Waals surface area contributed by atoms with E-state index in [1.54, 1.807) is 12.3 Å². The molecule has 1 saturated heterocycles. The van der Waals surface area contributed by atoms with Crippen LogP contribution in [-0.2, 0) is 0 Å². The molecule has 0 aromatic carbocycles. The first-order valence-electron chi connectivity index (χ1n) is 5.66. The Morgan fingerprint density at radius 2 is 2.31 bits per heavy atom. The van der Waals surface area contributed by atoms with Crippen LogP contribution in [0.5, 0.6) is 0 Å². The quantitative estimate of drug-likeness (QED) is 0.596. The Morgan fingerprint density at radius 1 is 1.56 bits per heavy atom. The highest BCUT2D eigenvalue weighted by atomic mass is 35.5. The fraction of sp³-hybridized carbons (Fsp3) is 1.00. The standard InChI is InChI=1S/C7H15B3Cl2N3O/c1-6-3-2-4-7(16,5-6)15-8-13-9(11)14-10(15)12/h6,13-14,16H,2-5H2,1H3. The molecule has 1 saturated carbocycles. The number of hydrogen-bond acceptors (Lipinski definition) is 4. The second-order valence-corrected chi connectivity index (χ2v) is 5.60. The van der Waals surface area contributed by atoms with Gasteiger partial charge in [0.15, 0.2) is 0 Å². The molecule has 2 unspecified atom stereocenters. The highest BCUT2D eigenvalue weighted by molar-refractivity contribution is 7.19. The monoisotopic (exact) mass is 260 g/mol. The number of hydrogen-bond donors (Lipinski definition) is 3. The summed E-state index contributed by atoms with van der Waals surface area (Å²) in [5.41, 5.74) is -0.860. The van der Waals surface area contributed by atoms with Crippen molar-refractivity contribution < 1.29 is 5.11 Å². The van der Waals surface area contributed by atoms with Gasteiger partial charge in [-0.05, 0) is 25.2 Å². The Morgan fingerprint density at radius 3 is 2.94 bits per heavy atom. The first-order chi connectivity index (χ1) is 7.51. The lowest BCUT2D eigenvalue weighted by Crippen LogP contribution is -2.73. The Bertz CT molecular complexity index is 265. The summed E-state index contributed by atoms with van der Waals surface area (Å²) in [7, 11) is 1.68. The molecule has 87 valence electrons. The molecule has 0 bridgehead atoms. The van der Waals surface area contributed by atoms with Crippen molar-refractivity contribution in [2.75, 3.05) is 0 Å². The predicted octanol–water partition coefficient (Wildman–Crippen LogP) is 0.362. The largest absolute Gasteiger partial charge is 0.399 e. The smallest absolute Gasteiger partial charge is 0.378 e. The maximum absolute atomic E-state index is 10.6. The van der Waals surface area contributed by atoms with Gasteiger partial charge in [-0.15, -0.1) is 0 Å². The first-order valence-corrected chi connectivity index (χ1v) is 6.53. The minimum absolute atomic E-state index is 0.386. The van der Waals surface area contributed by atoms with Crippen LogP contribution in [0.4, 0.5) is 0 Å². The molecule has 2 aliphatic rings. The molecule has 9 heteroatoms. The third-order valence-electron chi connectivity index (χ3n) is 3.32. The molecular formula is C7H15B3Cl2N3O. The van der Waals surface area contributed by atoms with Crippen LogP contribution >= 0.6 is 22.9 Å². The zero-order valence-corrected chi connectivity index (χ0v) is 10.8. The van der Waals surface area contributed by atoms with E-state index in [0.717, 1.165) is 19.3 Å². The van der Waals surface area contributed by atoms with Crippen LogP contribution in [-0.4, -0.2) is 35.9 Å². The summed E-state index contributed by atoms with van der Waals surface area (Å²) in [4.78, 5) is 0. The Balaban J connectivity index is 2.04. The second kappa shape index (κ2) is 5.08. The molecule has 1 radical (unpaired) electrons. The summed E-state index contributed by atoms with van der Waals surface area (Å²) in [5, 5.41) is 16.4. The van der Waals surface area contributed by atoms with Gasteiger partial charge in [-0.1, -0.05) is 13.3 Å². The lowest BCUT2D eigenvalue weighted by molar-refractivity contribution is -0.0722. The summed E-state index contributed by atoms with van der Waals surface area (Å²) in [6.45, 7) is 2.16. The van der Waals surface area contributed by atoms with Gasteiger partial charge < -0.3 is 20.1 Å². The van der Waals surface area contributed by atoms with E-state index in [-0.39, 0.29) is 6.40 Å². The summed E-state index contributed by atoms with van der Waals surface area (Å²) >= 11 is 12.0. The van der Waals surface area contributed by atoms with Crippen LogP contribution in [0.15, 0.2) is 0 Å². The predicted molar refractivity (Wildman–Crippen MR) is 69.7 cm³/mol. The van der Waals surface area contributed by atoms with E-state index in [0.29, 0.717) is 5.92 Å². The zero-order valence-electron chi connectivity index (χ0n) is 9.29. The van der Waals surface area contributed by atoms with Crippen molar-refractivity contribution in [3.8, 4) is 0 Å². The molecule has 4 nitrogen and oxygen atoms in total. The van der Waals surface area contributed by atoms with Crippen molar-refractivity contribution in [1.82, 2.24) is 15.0 Å². The van der Waals surface area contributed by atoms with Gasteiger partial charge in [0, 0.05) is 0 Å². The average Bonchev–Trinajstić information content (AvgIpc) is 2.16. The lowest BCUT2D eigenvalue weighted by atomic mass is 9.71. The van der Waals surface area contributed by atoms with E-state index >= 15 is 0 Å². The van der Waals surface area contributed by atoms with E-state index in [9.17, 15) is 5.11 Å². The molecule has 1 aliphatic heterocycles. The van der Waals surface area contributed by atoms with Gasteiger partial charge in [0.2, 0.25) is 0 Å². The van der Waals surface area contributed by atoms with Gasteiger partial charge in [-0.2, -0.15) is 22.9 Å². The van der Waals surface area contributed by atoms with Crippen LogP contribution in [0, 0.1) is 5.92 Å². The van der Waals surface area contributed by atoms with Crippen LogP contribution in [0.3, 0.4) is 0 Å². The molecule has 1 aliphatic carbocycles. The Kier molecular flexibility index (Phi) is 4.15. The van der Waals surface area contributed by atoms with Crippen LogP contribution < -0.4 is 10.3 Å². The van der Waals surface area contributed by atoms with Gasteiger partial charge >= 0.3 is 12.8 Å². The third-order valence-corrected chi connectivity index (χ3v) is 3.91. The number of halogens is 2. The maximum Gasteiger partial charge on any atom is 0.399 e. The molecule has 2 atom stereocenters. The summed E-state index contributed by atoms with van der Waals surface area (Å²) < 4.78 is 1.73. The SMILES string of the molecule is CC1CCCC(O)(N2[B]NB(Cl)NB2Cl)C1. The van der Waals surface area contributed by atoms with E-state index in [1.165, 1.54) is 6.42 Å². The van der Waals surface area contributed by atoms with Gasteiger partial charge in [-0.3, -0.25) is 0 Å². The fourth-order valence-electron chi connectivity index (χ4n) is 2.52. The van der Waals surface area contributed by atoms with E-state index in [1.807, 2.05) is 0 Å². The Hall–Kier alpha value is 0.615. The van der Waals surface area contributed by atoms with E-state index < -0.39 is 12.1 Å². The molecule has 0 amide bonds. The maximum atomic E-state index is 10.6. The van der Waals surface area contributed by atoms with Crippen molar-refractivity contribution in [2.45, 2.75) is 38.3 Å². The molecule has 0 spiro atoms. The van der Waals surface area contributed by atoms with Gasteiger partial charge in [0.05, 0.1) is 0 Å². The summed E-state index contributed by atoms with van der Waals surface area (Å²) in [5.74, 6) is 0.518. The zero-order chi connectivity index (χ0) is 11.8. The van der Waals surface area contributed by atoms with Crippen molar-refractivity contribution in [1.29, 1.82) is 0 Å². The molecule has 1 heterocycles. The molecule has 16 heavy (non-hydrogen) atoms. The minimum atomic E-state index is -0.860. The van der Waals surface area contributed by atoms with Gasteiger partial charge in [0.1, 0.15) is 5.72 Å². The molecular weight excluding hydrogens is 245 g/mol. The average molecular weight is 261 g/mol. The van der Waals surface area contributed by atoms with Crippen LogP contribution in [0.25, 0.3) is 0 Å². The molecule has 0 aromatic rings. The molecule has 0 aromatic heterocycles. The molecule has 3 N–H and O–H groups in total. The van der Waals surface area contributed by atoms with Crippen LogP contribution in [0.2, 0.25) is 0 Å². The summed E-state index contributed by atoms with van der Waals surface area (Å²) in [6, 6.07) is 0. The normalized spacial score (nSPS) is 37.4. The topological polar surface area (TPSA) is 47.5 Å². The Labute approximate surface area is 108 Å². The fourth-order valence-corrected chi connectivity index (χ4v) is 3.13. The second-order valence-electron chi connectivity index (χ2n) is 4.75. The van der Waals surface area contributed by atoms with E-state index in [4.69, 9.17) is 22.9 Å². The lowest BCUT2D eigenvalue weighted by Gasteiger charge is -2.47. The third kappa shape index (κ3) is 2.71. The highest BCUT2D eigenvalue weighted by Crippen LogP contribution is 2.35. The molecule has 2 rings (SSSR count). The first kappa shape index (κ1) is 13.1. The van der Waals surface area contributed by atoms with Crippen molar-refractivity contribution in [3.05, 3.63) is 0 Å². The van der Waals surface area contributed by atoms with Gasteiger partial charge in [0.25, 0.3) is 7.55 Å². The molecule has 2 fully saturated rings. The number of nitrogens with one attached hydrogen (secondary N) is 2. The van der Waals surface area contributed by atoms with Gasteiger partial charge in [-0.25, -0.2) is 0 Å². The highest BCUT2D eigenvalue weighted by Gasteiger charge is 2.46. The van der Waals surface area contributed by atoms with Crippen molar-refractivity contribution in [2.24, 2.45) is 5.92 Å². The van der Waals surface area contributed by atoms with Crippen LogP contribution in [0.1, 0.15) is 32.6 Å². The number of rotatable bonds is 1.